The fraction of sp³-hybridized carbons (Fsp3) is 0.167. The molecule has 0 saturated heterocycles. The van der Waals surface area contributed by atoms with Crippen LogP contribution in [0.1, 0.15) is 0 Å². The Bertz CT molecular complexity index is 244. The minimum absolute atomic E-state index is 0.157. The number of rotatable bonds is 0. The van der Waals surface area contributed by atoms with Crippen molar-refractivity contribution in [1.29, 1.82) is 0 Å². The normalized spacial score (nSPS) is 27.9. The van der Waals surface area contributed by atoms with Crippen LogP contribution in [0, 0.1) is 0 Å². The van der Waals surface area contributed by atoms with E-state index in [1.807, 2.05) is 18.2 Å². The average molecular weight is 157 g/mol. The lowest BCUT2D eigenvalue weighted by atomic mass is 10.1. The predicted octanol–water partition coefficient (Wildman–Crippen LogP) is 0.938. The molecule has 0 aromatic carbocycles. The van der Waals surface area contributed by atoms with Gasteiger partial charge in [-0.2, -0.15) is 5.48 Å². The molecule has 10 heavy (non-hydrogen) atoms. The summed E-state index contributed by atoms with van der Waals surface area (Å²) >= 11 is 5.84. The number of halogens is 1. The molecule has 0 aromatic heterocycles. The molecule has 0 amide bonds. The Morgan fingerprint density at radius 3 is 3.40 bits per heavy atom. The Kier molecular flexibility index (Phi) is 1.17. The molecule has 3 nitrogen and oxygen atoms in total. The molecule has 1 aliphatic heterocycles. The largest absolute Gasteiger partial charge is 0.270 e. The molecule has 4 heteroatoms. The van der Waals surface area contributed by atoms with Gasteiger partial charge in [-0.1, -0.05) is 17.3 Å². The van der Waals surface area contributed by atoms with Crippen LogP contribution < -0.4 is 5.48 Å². The van der Waals surface area contributed by atoms with Crippen molar-refractivity contribution in [2.45, 2.75) is 5.38 Å². The van der Waals surface area contributed by atoms with Gasteiger partial charge in [-0.15, -0.1) is 11.6 Å². The van der Waals surface area contributed by atoms with E-state index < -0.39 is 0 Å². The molecular formula is C6H5ClN2O. The van der Waals surface area contributed by atoms with E-state index in [9.17, 15) is 0 Å². The lowest BCUT2D eigenvalue weighted by Gasteiger charge is -2.05. The first kappa shape index (κ1) is 5.80. The Balaban J connectivity index is 2.39. The molecule has 52 valence electrons. The van der Waals surface area contributed by atoms with Crippen LogP contribution in [0.2, 0.25) is 0 Å². The second kappa shape index (κ2) is 2.02. The van der Waals surface area contributed by atoms with Crippen molar-refractivity contribution in [2.75, 3.05) is 0 Å². The fourth-order valence-electron chi connectivity index (χ4n) is 0.881. The maximum Gasteiger partial charge on any atom is 0.131 e. The quantitative estimate of drug-likeness (QED) is 0.530. The highest BCUT2D eigenvalue weighted by atomic mass is 35.5. The van der Waals surface area contributed by atoms with E-state index in [-0.39, 0.29) is 5.38 Å². The molecule has 1 unspecified atom stereocenters. The van der Waals surface area contributed by atoms with E-state index in [2.05, 4.69) is 15.6 Å². The van der Waals surface area contributed by atoms with Gasteiger partial charge in [-0.05, 0) is 6.08 Å². The first-order valence-electron chi connectivity index (χ1n) is 2.91. The maximum absolute atomic E-state index is 5.84. The van der Waals surface area contributed by atoms with Gasteiger partial charge in [0.2, 0.25) is 0 Å². The van der Waals surface area contributed by atoms with Gasteiger partial charge < -0.3 is 0 Å². The summed E-state index contributed by atoms with van der Waals surface area (Å²) in [6.07, 6.45) is 5.58. The van der Waals surface area contributed by atoms with Crippen molar-refractivity contribution in [3.8, 4) is 0 Å². The lowest BCUT2D eigenvalue weighted by molar-refractivity contribution is 0.0905. The zero-order valence-corrected chi connectivity index (χ0v) is 5.80. The topological polar surface area (TPSA) is 33.6 Å². The zero-order chi connectivity index (χ0) is 6.97. The lowest BCUT2D eigenvalue weighted by Crippen LogP contribution is -2.19. The van der Waals surface area contributed by atoms with Gasteiger partial charge in [0, 0.05) is 0 Å². The van der Waals surface area contributed by atoms with Crippen molar-refractivity contribution < 1.29 is 4.94 Å². The molecule has 0 saturated carbocycles. The van der Waals surface area contributed by atoms with Crippen molar-refractivity contribution in [2.24, 2.45) is 5.16 Å². The summed E-state index contributed by atoms with van der Waals surface area (Å²) in [5.74, 6) is 0. The van der Waals surface area contributed by atoms with E-state index >= 15 is 0 Å². The number of fused-ring (bicyclic) bond motifs is 1. The second-order valence-corrected chi connectivity index (χ2v) is 2.51. The minimum Gasteiger partial charge on any atom is -0.270 e. The van der Waals surface area contributed by atoms with Crippen molar-refractivity contribution in [1.82, 2.24) is 5.48 Å². The Morgan fingerprint density at radius 1 is 1.70 bits per heavy atom. The minimum atomic E-state index is -0.157. The number of nitrogens with zero attached hydrogens (tertiary/aromatic N) is 1. The van der Waals surface area contributed by atoms with Gasteiger partial charge in [0.1, 0.15) is 11.4 Å². The number of hydroxylamine groups is 1. The highest BCUT2D eigenvalue weighted by Crippen LogP contribution is 2.16. The van der Waals surface area contributed by atoms with Gasteiger partial charge in [0.15, 0.2) is 0 Å². The number of hydrogen-bond acceptors (Lipinski definition) is 3. The number of nitrogens with one attached hydrogen (secondary N) is 1. The molecular weight excluding hydrogens is 152 g/mol. The van der Waals surface area contributed by atoms with Crippen LogP contribution in [-0.4, -0.2) is 11.1 Å². The molecule has 1 heterocycles. The van der Waals surface area contributed by atoms with Gasteiger partial charge in [0.25, 0.3) is 0 Å². The van der Waals surface area contributed by atoms with Crippen molar-refractivity contribution in [3.63, 3.8) is 0 Å². The number of alkyl halides is 1. The van der Waals surface area contributed by atoms with Crippen LogP contribution in [0.4, 0.5) is 0 Å². The average Bonchev–Trinajstić information content (AvgIpc) is 2.36. The van der Waals surface area contributed by atoms with Crippen LogP contribution >= 0.6 is 11.6 Å². The van der Waals surface area contributed by atoms with E-state index in [0.29, 0.717) is 0 Å². The molecule has 0 spiro atoms. The van der Waals surface area contributed by atoms with Crippen LogP contribution in [0.15, 0.2) is 29.1 Å². The van der Waals surface area contributed by atoms with Crippen molar-refractivity contribution in [3.05, 3.63) is 23.9 Å². The highest BCUT2D eigenvalue weighted by Gasteiger charge is 2.22. The van der Waals surface area contributed by atoms with E-state index in [0.717, 1.165) is 11.4 Å². The van der Waals surface area contributed by atoms with Gasteiger partial charge in [-0.25, -0.2) is 0 Å². The molecule has 0 bridgehead atoms. The smallest absolute Gasteiger partial charge is 0.131 e. The summed E-state index contributed by atoms with van der Waals surface area (Å²) in [6.45, 7) is 0. The summed E-state index contributed by atoms with van der Waals surface area (Å²) in [6, 6.07) is 0. The molecule has 0 fully saturated rings. The van der Waals surface area contributed by atoms with E-state index in [1.54, 1.807) is 0 Å². The molecule has 2 aliphatic rings. The number of oxime groups is 1. The summed E-state index contributed by atoms with van der Waals surface area (Å²) in [5, 5.41) is 3.54. The molecule has 0 aromatic rings. The maximum atomic E-state index is 5.84. The predicted molar refractivity (Wildman–Crippen MR) is 38.5 cm³/mol. The molecule has 1 atom stereocenters. The Labute approximate surface area is 62.9 Å². The first-order chi connectivity index (χ1) is 4.88. The monoisotopic (exact) mass is 156 g/mol. The van der Waals surface area contributed by atoms with Crippen LogP contribution in [-0.2, 0) is 4.94 Å². The Morgan fingerprint density at radius 2 is 2.60 bits per heavy atom. The third-order valence-corrected chi connectivity index (χ3v) is 1.73. The molecule has 2 rings (SSSR count). The number of allylic oxidation sites excluding steroid dienone is 4. The molecule has 0 radical (unpaired) electrons. The summed E-state index contributed by atoms with van der Waals surface area (Å²) < 4.78 is 0. The summed E-state index contributed by atoms with van der Waals surface area (Å²) in [5.41, 5.74) is 4.21. The van der Waals surface area contributed by atoms with Crippen LogP contribution in [0.25, 0.3) is 0 Å². The fourth-order valence-corrected chi connectivity index (χ4v) is 1.12. The third-order valence-electron chi connectivity index (χ3n) is 1.38. The molecule has 1 N–H and O–H groups in total. The molecule has 1 aliphatic carbocycles. The van der Waals surface area contributed by atoms with Gasteiger partial charge >= 0.3 is 0 Å². The third kappa shape index (κ3) is 0.708. The standard InChI is InChI=1S/C6H5ClN2O/c7-4-2-1-3-5-6(4)9-10-8-5/h1-4,8H. The summed E-state index contributed by atoms with van der Waals surface area (Å²) in [4.78, 5) is 4.61. The van der Waals surface area contributed by atoms with Crippen LogP contribution in [0.3, 0.4) is 0 Å². The number of hydrogen-bond donors (Lipinski definition) is 1. The summed E-state index contributed by atoms with van der Waals surface area (Å²) in [7, 11) is 0. The van der Waals surface area contributed by atoms with Crippen molar-refractivity contribution >= 4 is 17.3 Å². The van der Waals surface area contributed by atoms with Gasteiger partial charge in [0.05, 0.1) is 5.38 Å². The first-order valence-corrected chi connectivity index (χ1v) is 3.34. The SMILES string of the molecule is ClC1C=CC=C2NON=C21. The van der Waals surface area contributed by atoms with Crippen LogP contribution in [0.5, 0.6) is 0 Å². The highest BCUT2D eigenvalue weighted by molar-refractivity contribution is 6.36. The van der Waals surface area contributed by atoms with E-state index in [4.69, 9.17) is 11.6 Å². The zero-order valence-electron chi connectivity index (χ0n) is 5.04. The Hall–Kier alpha value is -0.960. The van der Waals surface area contributed by atoms with Gasteiger partial charge in [-0.3, -0.25) is 4.94 Å². The van der Waals surface area contributed by atoms with E-state index in [1.165, 1.54) is 0 Å². The second-order valence-electron chi connectivity index (χ2n) is 2.04.